The molecule has 0 spiro atoms. The molecule has 0 aliphatic carbocycles. The molecule has 0 aromatic heterocycles. The highest BCUT2D eigenvalue weighted by Gasteiger charge is 2.23. The van der Waals surface area contributed by atoms with Gasteiger partial charge in [0.25, 0.3) is 0 Å². The Morgan fingerprint density at radius 3 is 1.14 bits per heavy atom. The first kappa shape index (κ1) is 19.3. The lowest BCUT2D eigenvalue weighted by Crippen LogP contribution is -2.07. The average Bonchev–Trinajstić information content (AvgIpc) is 2.72. The molecule has 0 bridgehead atoms. The monoisotopic (exact) mass is 378 g/mol. The highest BCUT2D eigenvalue weighted by molar-refractivity contribution is 6.08. The van der Waals surface area contributed by atoms with Crippen molar-refractivity contribution in [2.45, 2.75) is 13.2 Å². The van der Waals surface area contributed by atoms with E-state index >= 15 is 0 Å². The minimum Gasteiger partial charge on any atom is -0.478 e. The smallest absolute Gasteiger partial charge is 0.336 e. The summed E-state index contributed by atoms with van der Waals surface area (Å²) < 4.78 is 0. The van der Waals surface area contributed by atoms with Crippen molar-refractivity contribution in [3.8, 4) is 22.3 Å². The molecular weight excluding hydrogens is 360 g/mol. The van der Waals surface area contributed by atoms with E-state index in [0.717, 1.165) is 0 Å². The molecule has 3 rings (SSSR count). The molecule has 0 saturated carbocycles. The van der Waals surface area contributed by atoms with Gasteiger partial charge in [0.05, 0.1) is 24.3 Å². The van der Waals surface area contributed by atoms with Crippen LogP contribution in [0.3, 0.4) is 0 Å². The number of carboxylic acids is 2. The summed E-state index contributed by atoms with van der Waals surface area (Å²) in [4.78, 5) is 23.7. The molecule has 0 unspecified atom stereocenters. The molecule has 4 N–H and O–H groups in total. The van der Waals surface area contributed by atoms with Crippen molar-refractivity contribution in [1.29, 1.82) is 0 Å². The van der Waals surface area contributed by atoms with Crippen LogP contribution in [0.2, 0.25) is 0 Å². The van der Waals surface area contributed by atoms with Crippen LogP contribution in [0.5, 0.6) is 0 Å². The van der Waals surface area contributed by atoms with Gasteiger partial charge in [-0.1, -0.05) is 48.5 Å². The lowest BCUT2D eigenvalue weighted by molar-refractivity contribution is 0.0682. The molecule has 0 radical (unpaired) electrons. The predicted molar refractivity (Wildman–Crippen MR) is 103 cm³/mol. The second kappa shape index (κ2) is 8.04. The first-order valence-corrected chi connectivity index (χ1v) is 8.50. The van der Waals surface area contributed by atoms with Gasteiger partial charge in [-0.05, 0) is 34.4 Å². The highest BCUT2D eigenvalue weighted by atomic mass is 16.4. The Labute approximate surface area is 161 Å². The zero-order valence-electron chi connectivity index (χ0n) is 14.8. The van der Waals surface area contributed by atoms with E-state index < -0.39 is 11.9 Å². The van der Waals surface area contributed by atoms with Gasteiger partial charge in [-0.3, -0.25) is 0 Å². The molecule has 0 saturated heterocycles. The summed E-state index contributed by atoms with van der Waals surface area (Å²) in [6, 6.07) is 15.8. The van der Waals surface area contributed by atoms with Gasteiger partial charge in [0.2, 0.25) is 0 Å². The topological polar surface area (TPSA) is 115 Å². The van der Waals surface area contributed by atoms with E-state index in [1.54, 1.807) is 48.5 Å². The van der Waals surface area contributed by atoms with Crippen molar-refractivity contribution >= 4 is 11.9 Å². The molecule has 0 amide bonds. The Bertz CT molecular complexity index is 936. The maximum Gasteiger partial charge on any atom is 0.336 e. The van der Waals surface area contributed by atoms with Gasteiger partial charge in [-0.25, -0.2) is 9.59 Å². The highest BCUT2D eigenvalue weighted by Crippen LogP contribution is 2.38. The Balaban J connectivity index is 2.36. The van der Waals surface area contributed by atoms with E-state index in [4.69, 9.17) is 0 Å². The molecular formula is C22H18O6. The number of aliphatic hydroxyl groups excluding tert-OH is 2. The van der Waals surface area contributed by atoms with E-state index in [9.17, 15) is 30.0 Å². The van der Waals surface area contributed by atoms with Gasteiger partial charge in [0.15, 0.2) is 0 Å². The number of hydrogen-bond acceptors (Lipinski definition) is 4. The summed E-state index contributed by atoms with van der Waals surface area (Å²) >= 11 is 0. The Kier molecular flexibility index (Phi) is 5.54. The van der Waals surface area contributed by atoms with Crippen LogP contribution in [0.4, 0.5) is 0 Å². The van der Waals surface area contributed by atoms with Crippen molar-refractivity contribution in [2.24, 2.45) is 0 Å². The van der Waals surface area contributed by atoms with Crippen molar-refractivity contribution in [3.05, 3.63) is 82.9 Å². The van der Waals surface area contributed by atoms with Gasteiger partial charge >= 0.3 is 11.9 Å². The van der Waals surface area contributed by atoms with Crippen LogP contribution in [0, 0.1) is 0 Å². The van der Waals surface area contributed by atoms with Crippen LogP contribution < -0.4 is 0 Å². The molecule has 0 heterocycles. The second-order valence-electron chi connectivity index (χ2n) is 6.23. The van der Waals surface area contributed by atoms with Crippen LogP contribution >= 0.6 is 0 Å². The number of carboxylic acid groups (broad SMARTS) is 2. The molecule has 6 nitrogen and oxygen atoms in total. The maximum atomic E-state index is 11.9. The van der Waals surface area contributed by atoms with Crippen LogP contribution in [0.15, 0.2) is 60.7 Å². The van der Waals surface area contributed by atoms with Gasteiger partial charge in [0.1, 0.15) is 0 Å². The minimum atomic E-state index is -1.17. The van der Waals surface area contributed by atoms with Crippen molar-refractivity contribution in [1.82, 2.24) is 0 Å². The summed E-state index contributed by atoms with van der Waals surface area (Å²) in [7, 11) is 0. The van der Waals surface area contributed by atoms with Gasteiger partial charge in [-0.15, -0.1) is 0 Å². The molecule has 3 aromatic carbocycles. The normalized spacial score (nSPS) is 10.6. The third-order valence-electron chi connectivity index (χ3n) is 4.52. The van der Waals surface area contributed by atoms with E-state index in [1.165, 1.54) is 12.1 Å². The standard InChI is InChI=1S/C22H18O6/c23-11-13-1-5-15(6-2-13)19-17(21(25)26)9-10-18(22(27)28)20(19)16-7-3-14(12-24)4-8-16/h1-10,23-24H,11-12H2,(H,25,26)(H,27,28). The minimum absolute atomic E-state index is 0.0250. The maximum absolute atomic E-state index is 11.9. The first-order chi connectivity index (χ1) is 13.5. The molecule has 0 fully saturated rings. The number of hydrogen-bond donors (Lipinski definition) is 4. The lowest BCUT2D eigenvalue weighted by atomic mass is 9.86. The second-order valence-corrected chi connectivity index (χ2v) is 6.23. The Morgan fingerprint density at radius 1 is 0.571 bits per heavy atom. The number of carbonyl (C=O) groups is 2. The fraction of sp³-hybridized carbons (Fsp3) is 0.0909. The quantitative estimate of drug-likeness (QED) is 0.523. The van der Waals surface area contributed by atoms with Crippen LogP contribution in [0.1, 0.15) is 31.8 Å². The zero-order chi connectivity index (χ0) is 20.3. The van der Waals surface area contributed by atoms with E-state index in [2.05, 4.69) is 0 Å². The van der Waals surface area contributed by atoms with E-state index in [-0.39, 0.29) is 35.5 Å². The number of aromatic carboxylic acids is 2. The molecule has 28 heavy (non-hydrogen) atoms. The third-order valence-corrected chi connectivity index (χ3v) is 4.52. The van der Waals surface area contributed by atoms with Gasteiger partial charge in [-0.2, -0.15) is 0 Å². The van der Waals surface area contributed by atoms with Crippen LogP contribution in [-0.2, 0) is 13.2 Å². The summed E-state index contributed by atoms with van der Waals surface area (Å²) in [6.07, 6.45) is 0. The summed E-state index contributed by atoms with van der Waals surface area (Å²) in [5.74, 6) is -2.35. The summed E-state index contributed by atoms with van der Waals surface area (Å²) in [5.41, 5.74) is 2.89. The Hall–Kier alpha value is -3.48. The zero-order valence-corrected chi connectivity index (χ0v) is 14.8. The molecule has 6 heteroatoms. The van der Waals surface area contributed by atoms with Crippen molar-refractivity contribution in [3.63, 3.8) is 0 Å². The molecule has 3 aromatic rings. The average molecular weight is 378 g/mol. The van der Waals surface area contributed by atoms with Crippen LogP contribution in [0.25, 0.3) is 22.3 Å². The molecule has 0 aliphatic rings. The number of rotatable bonds is 6. The van der Waals surface area contributed by atoms with Gasteiger partial charge < -0.3 is 20.4 Å². The molecule has 0 atom stereocenters. The molecule has 142 valence electrons. The molecule has 0 aliphatic heterocycles. The third kappa shape index (κ3) is 3.64. The Morgan fingerprint density at radius 2 is 0.893 bits per heavy atom. The van der Waals surface area contributed by atoms with Crippen molar-refractivity contribution in [2.75, 3.05) is 0 Å². The largest absolute Gasteiger partial charge is 0.478 e. The van der Waals surface area contributed by atoms with E-state index in [1.807, 2.05) is 0 Å². The van der Waals surface area contributed by atoms with Crippen LogP contribution in [-0.4, -0.2) is 32.4 Å². The number of benzene rings is 3. The lowest BCUT2D eigenvalue weighted by Gasteiger charge is -2.17. The predicted octanol–water partition coefficient (Wildman–Crippen LogP) is 3.40. The first-order valence-electron chi connectivity index (χ1n) is 8.50. The SMILES string of the molecule is O=C(O)c1ccc(C(=O)O)c(-c2ccc(CO)cc2)c1-c1ccc(CO)cc1. The fourth-order valence-corrected chi connectivity index (χ4v) is 3.11. The van der Waals surface area contributed by atoms with Gasteiger partial charge in [0, 0.05) is 11.1 Å². The number of aliphatic hydroxyl groups is 2. The van der Waals surface area contributed by atoms with E-state index in [0.29, 0.717) is 22.3 Å². The summed E-state index contributed by atoms with van der Waals surface area (Å²) in [5, 5.41) is 37.9. The van der Waals surface area contributed by atoms with Crippen molar-refractivity contribution < 1.29 is 30.0 Å². The fourth-order valence-electron chi connectivity index (χ4n) is 3.11. The summed E-state index contributed by atoms with van der Waals surface area (Å²) in [6.45, 7) is -0.312.